The van der Waals surface area contributed by atoms with Crippen molar-refractivity contribution in [2.24, 2.45) is 0 Å². The molecule has 0 radical (unpaired) electrons. The zero-order valence-electron chi connectivity index (χ0n) is 11.1. The molecule has 5 heteroatoms. The van der Waals surface area contributed by atoms with E-state index in [0.717, 1.165) is 28.8 Å². The topological polar surface area (TPSA) is 17.8 Å². The van der Waals surface area contributed by atoms with E-state index >= 15 is 0 Å². The standard InChI is InChI=1S/C15H14BrClN2S/c1-10-2-3-12-13(8-10)19(15(18-12)4-6-17)9-14-11(16)5-7-20-14/h2-3,5,7-8H,4,6,9H2,1H3. The molecule has 2 aromatic heterocycles. The Morgan fingerprint density at radius 3 is 2.90 bits per heavy atom. The first-order chi connectivity index (χ1) is 9.69. The molecular weight excluding hydrogens is 356 g/mol. The van der Waals surface area contributed by atoms with E-state index in [1.807, 2.05) is 0 Å². The number of nitrogens with zero attached hydrogens (tertiary/aromatic N) is 2. The molecule has 0 amide bonds. The Kier molecular flexibility index (Phi) is 4.15. The first kappa shape index (κ1) is 14.1. The summed E-state index contributed by atoms with van der Waals surface area (Å²) in [6, 6.07) is 8.47. The monoisotopic (exact) mass is 368 g/mol. The summed E-state index contributed by atoms with van der Waals surface area (Å²) in [5.74, 6) is 1.65. The molecule has 3 aromatic rings. The van der Waals surface area contributed by atoms with E-state index in [0.29, 0.717) is 5.88 Å². The Balaban J connectivity index is 2.12. The van der Waals surface area contributed by atoms with Crippen LogP contribution in [0.15, 0.2) is 34.1 Å². The summed E-state index contributed by atoms with van der Waals surface area (Å²) in [6.07, 6.45) is 0.790. The van der Waals surface area contributed by atoms with Gasteiger partial charge in [-0.25, -0.2) is 4.98 Å². The minimum Gasteiger partial charge on any atom is -0.323 e. The molecule has 0 bridgehead atoms. The van der Waals surface area contributed by atoms with Gasteiger partial charge >= 0.3 is 0 Å². The lowest BCUT2D eigenvalue weighted by molar-refractivity contribution is 0.761. The molecule has 0 saturated carbocycles. The summed E-state index contributed by atoms with van der Waals surface area (Å²) in [5, 5.41) is 2.10. The van der Waals surface area contributed by atoms with Crippen molar-refractivity contribution in [3.8, 4) is 0 Å². The van der Waals surface area contributed by atoms with E-state index < -0.39 is 0 Å². The number of hydrogen-bond acceptors (Lipinski definition) is 2. The van der Waals surface area contributed by atoms with Crippen LogP contribution in [0.2, 0.25) is 0 Å². The summed E-state index contributed by atoms with van der Waals surface area (Å²) in [7, 11) is 0. The largest absolute Gasteiger partial charge is 0.323 e. The summed E-state index contributed by atoms with van der Waals surface area (Å²) in [5.41, 5.74) is 3.48. The third-order valence-corrected chi connectivity index (χ3v) is 5.39. The minimum absolute atomic E-state index is 0.591. The fourth-order valence-corrected chi connectivity index (χ4v) is 3.95. The number of halogens is 2. The first-order valence-electron chi connectivity index (χ1n) is 6.42. The van der Waals surface area contributed by atoms with Gasteiger partial charge in [0.25, 0.3) is 0 Å². The van der Waals surface area contributed by atoms with E-state index in [2.05, 4.69) is 57.1 Å². The van der Waals surface area contributed by atoms with Crippen molar-refractivity contribution in [1.29, 1.82) is 0 Å². The second-order valence-electron chi connectivity index (χ2n) is 4.74. The maximum atomic E-state index is 5.92. The Bertz CT molecular complexity index is 747. The fraction of sp³-hybridized carbons (Fsp3) is 0.267. The Hall–Kier alpha value is -0.840. The zero-order valence-corrected chi connectivity index (χ0v) is 14.2. The van der Waals surface area contributed by atoms with Crippen LogP contribution in [0.3, 0.4) is 0 Å². The lowest BCUT2D eigenvalue weighted by Gasteiger charge is -2.08. The van der Waals surface area contributed by atoms with E-state index in [1.165, 1.54) is 16.0 Å². The summed E-state index contributed by atoms with van der Waals surface area (Å²) in [4.78, 5) is 6.03. The number of aryl methyl sites for hydroxylation is 2. The normalized spacial score (nSPS) is 11.3. The van der Waals surface area contributed by atoms with Gasteiger partial charge in [0.2, 0.25) is 0 Å². The SMILES string of the molecule is Cc1ccc2nc(CCCl)n(Cc3sccc3Br)c2c1. The number of fused-ring (bicyclic) bond motifs is 1. The predicted molar refractivity (Wildman–Crippen MR) is 90.0 cm³/mol. The second-order valence-corrected chi connectivity index (χ2v) is 6.97. The van der Waals surface area contributed by atoms with Crippen molar-refractivity contribution in [1.82, 2.24) is 9.55 Å². The Morgan fingerprint density at radius 2 is 2.20 bits per heavy atom. The highest BCUT2D eigenvalue weighted by Gasteiger charge is 2.12. The molecule has 0 spiro atoms. The smallest absolute Gasteiger partial charge is 0.111 e. The molecule has 1 aromatic carbocycles. The minimum atomic E-state index is 0.591. The molecule has 0 fully saturated rings. The third-order valence-electron chi connectivity index (χ3n) is 3.29. The number of hydrogen-bond donors (Lipinski definition) is 0. The van der Waals surface area contributed by atoms with Crippen LogP contribution in [0.1, 0.15) is 16.3 Å². The van der Waals surface area contributed by atoms with Gasteiger partial charge in [-0.3, -0.25) is 0 Å². The highest BCUT2D eigenvalue weighted by Crippen LogP contribution is 2.27. The van der Waals surface area contributed by atoms with Crippen LogP contribution in [-0.2, 0) is 13.0 Å². The molecule has 20 heavy (non-hydrogen) atoms. The van der Waals surface area contributed by atoms with E-state index in [-0.39, 0.29) is 0 Å². The molecule has 0 aliphatic carbocycles. The van der Waals surface area contributed by atoms with Crippen LogP contribution in [0.5, 0.6) is 0 Å². The van der Waals surface area contributed by atoms with Crippen LogP contribution in [0, 0.1) is 6.92 Å². The zero-order chi connectivity index (χ0) is 14.1. The molecule has 104 valence electrons. The van der Waals surface area contributed by atoms with Crippen LogP contribution >= 0.6 is 38.9 Å². The van der Waals surface area contributed by atoms with Crippen LogP contribution in [-0.4, -0.2) is 15.4 Å². The Labute approximate surface area is 135 Å². The van der Waals surface area contributed by atoms with Gasteiger partial charge < -0.3 is 4.57 Å². The van der Waals surface area contributed by atoms with Gasteiger partial charge in [-0.15, -0.1) is 22.9 Å². The van der Waals surface area contributed by atoms with Crippen LogP contribution in [0.25, 0.3) is 11.0 Å². The third kappa shape index (κ3) is 2.65. The number of alkyl halides is 1. The van der Waals surface area contributed by atoms with Crippen molar-refractivity contribution >= 4 is 49.9 Å². The highest BCUT2D eigenvalue weighted by molar-refractivity contribution is 9.10. The van der Waals surface area contributed by atoms with E-state index in [1.54, 1.807) is 11.3 Å². The Morgan fingerprint density at radius 1 is 1.35 bits per heavy atom. The van der Waals surface area contributed by atoms with Crippen molar-refractivity contribution in [3.63, 3.8) is 0 Å². The average molecular weight is 370 g/mol. The molecule has 0 saturated heterocycles. The summed E-state index contributed by atoms with van der Waals surface area (Å²) < 4.78 is 3.44. The molecule has 0 unspecified atom stereocenters. The van der Waals surface area contributed by atoms with Gasteiger partial charge in [-0.1, -0.05) is 6.07 Å². The molecule has 0 N–H and O–H groups in total. The molecule has 3 rings (SSSR count). The number of thiophene rings is 1. The van der Waals surface area contributed by atoms with E-state index in [4.69, 9.17) is 16.6 Å². The van der Waals surface area contributed by atoms with Crippen molar-refractivity contribution in [2.45, 2.75) is 19.9 Å². The van der Waals surface area contributed by atoms with Crippen LogP contribution in [0.4, 0.5) is 0 Å². The number of benzene rings is 1. The second kappa shape index (κ2) is 5.88. The van der Waals surface area contributed by atoms with Gasteiger partial charge in [-0.2, -0.15) is 0 Å². The van der Waals surface area contributed by atoms with Gasteiger partial charge in [0, 0.05) is 21.7 Å². The fourth-order valence-electron chi connectivity index (χ4n) is 2.32. The number of rotatable bonds is 4. The lowest BCUT2D eigenvalue weighted by atomic mass is 10.2. The molecule has 0 atom stereocenters. The lowest BCUT2D eigenvalue weighted by Crippen LogP contribution is -2.05. The number of aromatic nitrogens is 2. The van der Waals surface area contributed by atoms with Crippen molar-refractivity contribution in [3.05, 3.63) is 50.4 Å². The van der Waals surface area contributed by atoms with E-state index in [9.17, 15) is 0 Å². The average Bonchev–Trinajstić information content (AvgIpc) is 2.96. The molecule has 2 nitrogen and oxygen atoms in total. The highest BCUT2D eigenvalue weighted by atomic mass is 79.9. The van der Waals surface area contributed by atoms with Gasteiger partial charge in [0.05, 0.1) is 17.6 Å². The maximum absolute atomic E-state index is 5.92. The van der Waals surface area contributed by atoms with Crippen LogP contribution < -0.4 is 0 Å². The summed E-state index contributed by atoms with van der Waals surface area (Å²) in [6.45, 7) is 2.95. The van der Waals surface area contributed by atoms with Gasteiger partial charge in [0.15, 0.2) is 0 Å². The molecule has 0 aliphatic heterocycles. The predicted octanol–water partition coefficient (Wildman–Crippen LogP) is 5.00. The van der Waals surface area contributed by atoms with Crippen molar-refractivity contribution in [2.75, 3.05) is 5.88 Å². The number of imidazole rings is 1. The molecule has 0 aliphatic rings. The van der Waals surface area contributed by atoms with Crippen molar-refractivity contribution < 1.29 is 0 Å². The molecular formula is C15H14BrClN2S. The summed E-state index contributed by atoms with van der Waals surface area (Å²) >= 11 is 11.3. The maximum Gasteiger partial charge on any atom is 0.111 e. The van der Waals surface area contributed by atoms with Gasteiger partial charge in [0.1, 0.15) is 5.82 Å². The quantitative estimate of drug-likeness (QED) is 0.592. The van der Waals surface area contributed by atoms with Gasteiger partial charge in [-0.05, 0) is 52.0 Å². The molecule has 2 heterocycles. The first-order valence-corrected chi connectivity index (χ1v) is 8.63.